The first-order valence-electron chi connectivity index (χ1n) is 14.3. The van der Waals surface area contributed by atoms with Crippen molar-refractivity contribution < 1.29 is 14.7 Å². The number of H-pyrrole nitrogens is 1. The molecule has 222 valence electrons. The Kier molecular flexibility index (Phi) is 9.91. The summed E-state index contributed by atoms with van der Waals surface area (Å²) in [7, 11) is 0. The number of nitrogens with one attached hydrogen (secondary N) is 1. The molecule has 3 unspecified atom stereocenters. The number of fused-ring (bicyclic) bond motifs is 1. The molecule has 4 N–H and O–H groups in total. The number of hydrogen-bond donors (Lipinski definition) is 3. The number of aromatic amines is 1. The first-order chi connectivity index (χ1) is 21.5. The van der Waals surface area contributed by atoms with Gasteiger partial charge in [-0.15, -0.1) is 0 Å². The smallest absolute Gasteiger partial charge is 0.327 e. The highest BCUT2D eigenvalue weighted by molar-refractivity contribution is 5.89. The zero-order valence-corrected chi connectivity index (χ0v) is 24.1. The summed E-state index contributed by atoms with van der Waals surface area (Å²) < 4.78 is 1.61. The van der Waals surface area contributed by atoms with Crippen LogP contribution in [0.1, 0.15) is 28.9 Å². The van der Waals surface area contributed by atoms with E-state index in [0.29, 0.717) is 13.0 Å². The highest BCUT2D eigenvalue weighted by Crippen LogP contribution is 2.33. The van der Waals surface area contributed by atoms with E-state index in [1.165, 1.54) is 17.1 Å². The molecule has 0 saturated carbocycles. The van der Waals surface area contributed by atoms with Crippen molar-refractivity contribution >= 4 is 22.6 Å². The Hall–Kier alpha value is -5.54. The molecule has 1 aliphatic heterocycles. The van der Waals surface area contributed by atoms with Crippen LogP contribution >= 0.6 is 0 Å². The summed E-state index contributed by atoms with van der Waals surface area (Å²) in [5.41, 5.74) is 8.85. The van der Waals surface area contributed by atoms with Gasteiger partial charge in [0, 0.05) is 25.4 Å². The Bertz CT molecular complexity index is 1680. The molecule has 1 amide bonds. The van der Waals surface area contributed by atoms with Crippen molar-refractivity contribution in [1.82, 2.24) is 24.4 Å². The van der Waals surface area contributed by atoms with Gasteiger partial charge >= 0.3 is 5.97 Å². The molecule has 0 spiro atoms. The minimum absolute atomic E-state index is 0.0153. The van der Waals surface area contributed by atoms with Crippen LogP contribution in [-0.2, 0) is 22.6 Å². The van der Waals surface area contributed by atoms with Gasteiger partial charge in [0.1, 0.15) is 12.1 Å². The molecular formula is C35H34N6O3. The number of hydrogen-bond acceptors (Lipinski definition) is 5. The second-order valence-electron chi connectivity index (χ2n) is 10.3. The number of aromatic nitrogens is 4. The summed E-state index contributed by atoms with van der Waals surface area (Å²) in [4.78, 5) is 35.6. The lowest BCUT2D eigenvalue weighted by atomic mass is 9.92. The molecule has 9 nitrogen and oxygen atoms in total. The Labute approximate surface area is 255 Å². The van der Waals surface area contributed by atoms with Gasteiger partial charge in [0.05, 0.1) is 30.6 Å². The highest BCUT2D eigenvalue weighted by Gasteiger charge is 2.46. The van der Waals surface area contributed by atoms with Crippen molar-refractivity contribution in [1.29, 1.82) is 0 Å². The molecule has 3 heterocycles. The van der Waals surface area contributed by atoms with Gasteiger partial charge in [0.15, 0.2) is 0 Å². The third kappa shape index (κ3) is 7.45. The zero-order chi connectivity index (χ0) is 30.7. The van der Waals surface area contributed by atoms with E-state index in [9.17, 15) is 9.59 Å². The number of nitrogens with two attached hydrogens (primary N) is 1. The normalized spacial score (nSPS) is 16.1. The van der Waals surface area contributed by atoms with Crippen LogP contribution in [0.4, 0.5) is 0 Å². The third-order valence-corrected chi connectivity index (χ3v) is 7.38. The molecule has 1 aliphatic rings. The van der Waals surface area contributed by atoms with Crippen LogP contribution in [0.2, 0.25) is 0 Å². The summed E-state index contributed by atoms with van der Waals surface area (Å²) in [5, 5.41) is 11.8. The Morgan fingerprint density at radius 1 is 0.841 bits per heavy atom. The Balaban J connectivity index is 0.000000136. The van der Waals surface area contributed by atoms with Crippen LogP contribution in [0, 0.1) is 0 Å². The van der Waals surface area contributed by atoms with Gasteiger partial charge in [-0.3, -0.25) is 4.79 Å². The highest BCUT2D eigenvalue weighted by atomic mass is 16.4. The second kappa shape index (κ2) is 14.6. The Morgan fingerprint density at radius 2 is 1.41 bits per heavy atom. The molecule has 9 heteroatoms. The quantitative estimate of drug-likeness (QED) is 0.215. The van der Waals surface area contributed by atoms with E-state index < -0.39 is 18.1 Å². The molecule has 2 aromatic heterocycles. The number of carboxylic acids is 1. The second-order valence-corrected chi connectivity index (χ2v) is 10.3. The number of carboxylic acid groups (broad SMARTS) is 1. The van der Waals surface area contributed by atoms with Crippen LogP contribution in [0.25, 0.3) is 10.8 Å². The standard InChI is InChI=1S/C13H14N4O.C12H12N2O2.C10H8/c14-11-12(10-6-15-8-16-10)17(13(11)18)7-9-4-2-1-3-5-9;15-12(16)11(14-7-6-13-9-14)8-10-4-2-1-3-5-10;1-2-6-10-8-4-3-7-9(10)5-1/h1-6,8,11-12H,7,14H2,(H,15,16);1-7,9,11H,8H2,(H,15,16);1-8H. The van der Waals surface area contributed by atoms with Crippen LogP contribution in [-0.4, -0.2) is 47.4 Å². The minimum Gasteiger partial charge on any atom is -0.480 e. The maximum atomic E-state index is 11.8. The fourth-order valence-electron chi connectivity index (χ4n) is 5.07. The van der Waals surface area contributed by atoms with Gasteiger partial charge in [0.25, 0.3) is 0 Å². The van der Waals surface area contributed by atoms with Crippen LogP contribution in [0.5, 0.6) is 0 Å². The average Bonchev–Trinajstić information content (AvgIpc) is 3.80. The van der Waals surface area contributed by atoms with E-state index in [2.05, 4.69) is 63.5 Å². The van der Waals surface area contributed by atoms with E-state index in [1.807, 2.05) is 60.7 Å². The first kappa shape index (κ1) is 29.9. The third-order valence-electron chi connectivity index (χ3n) is 7.38. The van der Waals surface area contributed by atoms with Gasteiger partial charge in [-0.1, -0.05) is 109 Å². The van der Waals surface area contributed by atoms with E-state index in [0.717, 1.165) is 16.8 Å². The maximum Gasteiger partial charge on any atom is 0.327 e. The van der Waals surface area contributed by atoms with Gasteiger partial charge in [0.2, 0.25) is 5.91 Å². The fraction of sp³-hybridized carbons (Fsp3) is 0.143. The summed E-state index contributed by atoms with van der Waals surface area (Å²) in [6, 6.07) is 35.0. The van der Waals surface area contributed by atoms with E-state index in [1.54, 1.807) is 34.4 Å². The SMILES string of the molecule is NC1C(=O)N(Cc2ccccc2)C1c1cnc[nH]1.O=C(O)C(Cc1ccccc1)n1ccnc1.c1ccc2ccccc2c1. The molecule has 0 aliphatic carbocycles. The lowest BCUT2D eigenvalue weighted by Crippen LogP contribution is -2.62. The number of rotatable bonds is 7. The summed E-state index contributed by atoms with van der Waals surface area (Å²) in [5.74, 6) is -0.861. The van der Waals surface area contributed by atoms with Crippen molar-refractivity contribution in [2.24, 2.45) is 5.73 Å². The number of aliphatic carboxylic acids is 1. The number of likely N-dealkylation sites (tertiary alicyclic amines) is 1. The van der Waals surface area contributed by atoms with Gasteiger partial charge in [-0.2, -0.15) is 0 Å². The molecular weight excluding hydrogens is 552 g/mol. The lowest BCUT2D eigenvalue weighted by molar-refractivity contribution is -0.151. The van der Waals surface area contributed by atoms with Gasteiger partial charge in [-0.05, 0) is 21.9 Å². The van der Waals surface area contributed by atoms with E-state index in [4.69, 9.17) is 10.8 Å². The van der Waals surface area contributed by atoms with Crippen molar-refractivity contribution in [2.45, 2.75) is 31.1 Å². The van der Waals surface area contributed by atoms with Crippen LogP contribution in [0.15, 0.2) is 140 Å². The van der Waals surface area contributed by atoms with Gasteiger partial charge < -0.3 is 25.3 Å². The van der Waals surface area contributed by atoms with E-state index in [-0.39, 0.29) is 11.9 Å². The zero-order valence-electron chi connectivity index (χ0n) is 24.1. The number of imidazole rings is 2. The molecule has 44 heavy (non-hydrogen) atoms. The lowest BCUT2D eigenvalue weighted by Gasteiger charge is -2.44. The van der Waals surface area contributed by atoms with Crippen molar-refractivity contribution in [3.63, 3.8) is 0 Å². The summed E-state index contributed by atoms with van der Waals surface area (Å²) >= 11 is 0. The first-order valence-corrected chi connectivity index (χ1v) is 14.3. The molecule has 0 radical (unpaired) electrons. The average molecular weight is 587 g/mol. The van der Waals surface area contributed by atoms with Crippen LogP contribution in [0.3, 0.4) is 0 Å². The summed E-state index contributed by atoms with van der Waals surface area (Å²) in [6.07, 6.45) is 8.57. The van der Waals surface area contributed by atoms with Crippen LogP contribution < -0.4 is 5.73 Å². The minimum atomic E-state index is -0.846. The molecule has 6 aromatic rings. The maximum absolute atomic E-state index is 11.8. The van der Waals surface area contributed by atoms with Crippen molar-refractivity contribution in [3.8, 4) is 0 Å². The van der Waals surface area contributed by atoms with Crippen molar-refractivity contribution in [2.75, 3.05) is 0 Å². The van der Waals surface area contributed by atoms with Gasteiger partial charge in [-0.25, -0.2) is 14.8 Å². The fourth-order valence-corrected chi connectivity index (χ4v) is 5.07. The number of carbonyl (C=O) groups excluding carboxylic acids is 1. The number of carbonyl (C=O) groups is 2. The number of nitrogens with zero attached hydrogens (tertiary/aromatic N) is 4. The van der Waals surface area contributed by atoms with E-state index >= 15 is 0 Å². The summed E-state index contributed by atoms with van der Waals surface area (Å²) in [6.45, 7) is 0.580. The van der Waals surface area contributed by atoms with Crippen molar-refractivity contribution in [3.05, 3.63) is 157 Å². The molecule has 7 rings (SSSR count). The largest absolute Gasteiger partial charge is 0.480 e. The monoisotopic (exact) mass is 586 g/mol. The predicted molar refractivity (Wildman–Crippen MR) is 169 cm³/mol. The number of amides is 1. The topological polar surface area (TPSA) is 130 Å². The number of benzene rings is 4. The molecule has 1 saturated heterocycles. The molecule has 0 bridgehead atoms. The molecule has 1 fully saturated rings. The number of β-lactam (4-membered cyclic amide) rings is 1. The molecule has 4 aromatic carbocycles. The Morgan fingerprint density at radius 3 is 1.91 bits per heavy atom. The predicted octanol–water partition coefficient (Wildman–Crippen LogP) is 5.41. The molecule has 3 atom stereocenters.